The van der Waals surface area contributed by atoms with E-state index in [0.29, 0.717) is 18.1 Å². The molecule has 0 unspecified atom stereocenters. The van der Waals surface area contributed by atoms with Crippen molar-refractivity contribution >= 4 is 27.5 Å². The Morgan fingerprint density at radius 2 is 1.89 bits per heavy atom. The zero-order valence-corrected chi connectivity index (χ0v) is 12.4. The van der Waals surface area contributed by atoms with Crippen LogP contribution in [0, 0.1) is 11.3 Å². The van der Waals surface area contributed by atoms with Crippen molar-refractivity contribution in [2.24, 2.45) is 0 Å². The molecule has 2 rings (SSSR count). The minimum atomic E-state index is 0.405. The molecule has 0 amide bonds. The summed E-state index contributed by atoms with van der Waals surface area (Å²) in [6.07, 6.45) is 0. The van der Waals surface area contributed by atoms with Crippen LogP contribution in [0.4, 0.5) is 0 Å². The lowest BCUT2D eigenvalue weighted by Crippen LogP contribution is -1.98. The molecule has 0 saturated carbocycles. The van der Waals surface area contributed by atoms with E-state index in [2.05, 4.69) is 22.0 Å². The van der Waals surface area contributed by atoms with Gasteiger partial charge in [0.2, 0.25) is 0 Å². The van der Waals surface area contributed by atoms with Gasteiger partial charge in [-0.15, -0.1) is 11.6 Å². The summed E-state index contributed by atoms with van der Waals surface area (Å²) < 4.78 is 6.69. The second-order valence-corrected chi connectivity index (χ2v) is 5.08. The molecule has 0 bridgehead atoms. The van der Waals surface area contributed by atoms with Crippen molar-refractivity contribution in [3.8, 4) is 11.8 Å². The summed E-state index contributed by atoms with van der Waals surface area (Å²) in [5, 5.41) is 8.74. The third-order valence-corrected chi connectivity index (χ3v) is 3.57. The lowest BCUT2D eigenvalue weighted by Gasteiger charge is -2.12. The van der Waals surface area contributed by atoms with E-state index in [4.69, 9.17) is 21.6 Å². The second-order valence-electron chi connectivity index (χ2n) is 3.96. The average Bonchev–Trinajstić information content (AvgIpc) is 2.46. The predicted octanol–water partition coefficient (Wildman–Crippen LogP) is 4.64. The number of rotatable bonds is 4. The summed E-state index contributed by atoms with van der Waals surface area (Å²) in [6, 6.07) is 15.2. The van der Waals surface area contributed by atoms with Crippen LogP contribution in [-0.2, 0) is 12.5 Å². The number of nitriles is 1. The van der Waals surface area contributed by atoms with E-state index >= 15 is 0 Å². The molecule has 0 spiro atoms. The van der Waals surface area contributed by atoms with Crippen LogP contribution in [0.1, 0.15) is 16.7 Å². The first-order valence-corrected chi connectivity index (χ1v) is 7.02. The molecule has 0 heterocycles. The van der Waals surface area contributed by atoms with Gasteiger partial charge in [-0.2, -0.15) is 5.26 Å². The molecule has 0 aliphatic rings. The Labute approximate surface area is 125 Å². The van der Waals surface area contributed by atoms with Gasteiger partial charge in [-0.05, 0) is 39.7 Å². The van der Waals surface area contributed by atoms with Crippen LogP contribution in [0.3, 0.4) is 0 Å². The highest BCUT2D eigenvalue weighted by molar-refractivity contribution is 9.10. The van der Waals surface area contributed by atoms with Crippen molar-refractivity contribution in [3.63, 3.8) is 0 Å². The summed E-state index contributed by atoms with van der Waals surface area (Å²) >= 11 is 9.35. The van der Waals surface area contributed by atoms with Crippen molar-refractivity contribution in [3.05, 3.63) is 63.6 Å². The van der Waals surface area contributed by atoms with Crippen LogP contribution in [0.15, 0.2) is 46.9 Å². The van der Waals surface area contributed by atoms with Crippen LogP contribution in [0.2, 0.25) is 0 Å². The van der Waals surface area contributed by atoms with Crippen molar-refractivity contribution in [1.29, 1.82) is 5.26 Å². The van der Waals surface area contributed by atoms with Gasteiger partial charge >= 0.3 is 0 Å². The molecule has 0 aliphatic carbocycles. The molecule has 0 aliphatic heterocycles. The quantitative estimate of drug-likeness (QED) is 0.762. The molecule has 0 radical (unpaired) electrons. The molecule has 19 heavy (non-hydrogen) atoms. The fraction of sp³-hybridized carbons (Fsp3) is 0.133. The van der Waals surface area contributed by atoms with Crippen molar-refractivity contribution in [2.45, 2.75) is 12.5 Å². The number of hydrogen-bond donors (Lipinski definition) is 0. The van der Waals surface area contributed by atoms with Gasteiger partial charge in [-0.3, -0.25) is 0 Å². The van der Waals surface area contributed by atoms with Crippen LogP contribution in [0.5, 0.6) is 5.75 Å². The molecule has 2 aromatic rings. The van der Waals surface area contributed by atoms with Gasteiger partial charge in [-0.1, -0.05) is 24.3 Å². The summed E-state index contributed by atoms with van der Waals surface area (Å²) in [7, 11) is 0. The maximum Gasteiger partial charge on any atom is 0.138 e. The number of alkyl halides is 1. The second kappa shape index (κ2) is 6.60. The summed E-state index contributed by atoms with van der Waals surface area (Å²) in [5.74, 6) is 1.17. The number of para-hydroxylation sites is 1. The Kier molecular flexibility index (Phi) is 4.84. The average molecular weight is 337 g/mol. The van der Waals surface area contributed by atoms with Gasteiger partial charge in [-0.25, -0.2) is 0 Å². The summed E-state index contributed by atoms with van der Waals surface area (Å²) in [5.41, 5.74) is 2.60. The van der Waals surface area contributed by atoms with Crippen molar-refractivity contribution in [1.82, 2.24) is 0 Å². The van der Waals surface area contributed by atoms with Gasteiger partial charge in [0.05, 0.1) is 22.0 Å². The molecule has 4 heteroatoms. The SMILES string of the molecule is N#Cc1ccc(COc2c(Br)cccc2CCl)cc1. The fourth-order valence-electron chi connectivity index (χ4n) is 1.65. The lowest BCUT2D eigenvalue weighted by molar-refractivity contribution is 0.302. The molecule has 2 aromatic carbocycles. The molecular weight excluding hydrogens is 326 g/mol. The molecule has 0 fully saturated rings. The predicted molar refractivity (Wildman–Crippen MR) is 79.2 cm³/mol. The highest BCUT2D eigenvalue weighted by Crippen LogP contribution is 2.30. The van der Waals surface area contributed by atoms with Crippen LogP contribution >= 0.6 is 27.5 Å². The van der Waals surface area contributed by atoms with E-state index < -0.39 is 0 Å². The van der Waals surface area contributed by atoms with E-state index in [1.165, 1.54) is 0 Å². The highest BCUT2D eigenvalue weighted by Gasteiger charge is 2.07. The standard InChI is InChI=1S/C15H11BrClNO/c16-14-3-1-2-13(8-17)15(14)19-10-12-6-4-11(9-18)5-7-12/h1-7H,8,10H2. The molecular formula is C15H11BrClNO. The fourth-order valence-corrected chi connectivity index (χ4v) is 2.38. The summed E-state index contributed by atoms with van der Waals surface area (Å²) in [4.78, 5) is 0. The Hall–Kier alpha value is -1.50. The Morgan fingerprint density at radius 1 is 1.16 bits per heavy atom. The van der Waals surface area contributed by atoms with Gasteiger partial charge in [0.15, 0.2) is 0 Å². The van der Waals surface area contributed by atoms with E-state index in [1.54, 1.807) is 12.1 Å². The first-order chi connectivity index (χ1) is 9.24. The first kappa shape index (κ1) is 13.9. The zero-order valence-electron chi connectivity index (χ0n) is 10.1. The third-order valence-electron chi connectivity index (χ3n) is 2.66. The zero-order chi connectivity index (χ0) is 13.7. The number of ether oxygens (including phenoxy) is 1. The molecule has 96 valence electrons. The third kappa shape index (κ3) is 3.50. The Balaban J connectivity index is 2.12. The molecule has 0 aromatic heterocycles. The normalized spacial score (nSPS) is 9.95. The number of nitrogens with zero attached hydrogens (tertiary/aromatic N) is 1. The minimum absolute atomic E-state index is 0.405. The van der Waals surface area contributed by atoms with Gasteiger partial charge in [0, 0.05) is 5.56 Å². The summed E-state index contributed by atoms with van der Waals surface area (Å²) in [6.45, 7) is 0.443. The van der Waals surface area contributed by atoms with Crippen molar-refractivity contribution in [2.75, 3.05) is 0 Å². The maximum absolute atomic E-state index is 8.74. The van der Waals surface area contributed by atoms with E-state index in [1.807, 2.05) is 30.3 Å². The number of hydrogen-bond acceptors (Lipinski definition) is 2. The molecule has 0 N–H and O–H groups in total. The number of benzene rings is 2. The van der Waals surface area contributed by atoms with Crippen LogP contribution in [-0.4, -0.2) is 0 Å². The minimum Gasteiger partial charge on any atom is -0.487 e. The van der Waals surface area contributed by atoms with E-state index in [9.17, 15) is 0 Å². The molecule has 0 atom stereocenters. The molecule has 0 saturated heterocycles. The largest absolute Gasteiger partial charge is 0.487 e. The van der Waals surface area contributed by atoms with Gasteiger partial charge in [0.25, 0.3) is 0 Å². The van der Waals surface area contributed by atoms with Gasteiger partial charge in [0.1, 0.15) is 12.4 Å². The van der Waals surface area contributed by atoms with Crippen LogP contribution in [0.25, 0.3) is 0 Å². The maximum atomic E-state index is 8.74. The van der Waals surface area contributed by atoms with Gasteiger partial charge < -0.3 is 4.74 Å². The Morgan fingerprint density at radius 3 is 2.53 bits per heavy atom. The van der Waals surface area contributed by atoms with Crippen molar-refractivity contribution < 1.29 is 4.74 Å². The topological polar surface area (TPSA) is 33.0 Å². The van der Waals surface area contributed by atoms with E-state index in [0.717, 1.165) is 21.3 Å². The van der Waals surface area contributed by atoms with E-state index in [-0.39, 0.29) is 0 Å². The number of halogens is 2. The molecule has 2 nitrogen and oxygen atoms in total. The first-order valence-electron chi connectivity index (χ1n) is 5.70. The van der Waals surface area contributed by atoms with Crippen LogP contribution < -0.4 is 4.74 Å². The smallest absolute Gasteiger partial charge is 0.138 e. The monoisotopic (exact) mass is 335 g/mol. The lowest BCUT2D eigenvalue weighted by atomic mass is 10.1. The Bertz CT molecular complexity index is 605. The highest BCUT2D eigenvalue weighted by atomic mass is 79.9.